The highest BCUT2D eigenvalue weighted by molar-refractivity contribution is 5.23. The van der Waals surface area contributed by atoms with Gasteiger partial charge in [0.15, 0.2) is 0 Å². The fourth-order valence-electron chi connectivity index (χ4n) is 1.62. The van der Waals surface area contributed by atoms with E-state index < -0.39 is 17.7 Å². The van der Waals surface area contributed by atoms with Crippen LogP contribution in [0.1, 0.15) is 17.4 Å². The lowest BCUT2D eigenvalue weighted by Crippen LogP contribution is -2.07. The van der Waals surface area contributed by atoms with Gasteiger partial charge in [0.05, 0.1) is 17.4 Å². The molecule has 0 aliphatic rings. The third-order valence-electron chi connectivity index (χ3n) is 2.39. The number of aromatic nitrogens is 3. The van der Waals surface area contributed by atoms with Crippen molar-refractivity contribution >= 4 is 0 Å². The summed E-state index contributed by atoms with van der Waals surface area (Å²) in [5, 5.41) is 17.2. The van der Waals surface area contributed by atoms with Gasteiger partial charge in [-0.15, -0.1) is 5.10 Å². The molecule has 0 fully saturated rings. The van der Waals surface area contributed by atoms with Crippen LogP contribution >= 0.6 is 0 Å². The number of benzene rings is 1. The van der Waals surface area contributed by atoms with Crippen LogP contribution in [0.15, 0.2) is 24.4 Å². The molecular formula is C11H11F2N3O. The second-order valence-electron chi connectivity index (χ2n) is 3.74. The standard InChI is InChI=1S/C11H11F2N3O/c1-16-6-7(14-15-16)5-10(17)11-8(12)3-2-4-9(11)13/h2-4,6,10,17H,5H2,1H3. The first-order valence-corrected chi connectivity index (χ1v) is 5.05. The number of hydrogen-bond acceptors (Lipinski definition) is 3. The Morgan fingerprint density at radius 2 is 2.00 bits per heavy atom. The molecule has 1 atom stereocenters. The molecule has 2 rings (SSSR count). The van der Waals surface area contributed by atoms with Crippen LogP contribution in [0.3, 0.4) is 0 Å². The van der Waals surface area contributed by atoms with Crippen molar-refractivity contribution in [2.75, 3.05) is 0 Å². The molecule has 17 heavy (non-hydrogen) atoms. The van der Waals surface area contributed by atoms with Gasteiger partial charge in [-0.2, -0.15) is 0 Å². The Hall–Kier alpha value is -1.82. The van der Waals surface area contributed by atoms with Crippen molar-refractivity contribution in [3.63, 3.8) is 0 Å². The highest BCUT2D eigenvalue weighted by Gasteiger charge is 2.19. The molecule has 1 aromatic carbocycles. The zero-order chi connectivity index (χ0) is 12.4. The monoisotopic (exact) mass is 239 g/mol. The lowest BCUT2D eigenvalue weighted by atomic mass is 10.0. The van der Waals surface area contributed by atoms with Crippen LogP contribution in [-0.4, -0.2) is 20.1 Å². The third-order valence-corrected chi connectivity index (χ3v) is 2.39. The highest BCUT2D eigenvalue weighted by atomic mass is 19.1. The summed E-state index contributed by atoms with van der Waals surface area (Å²) in [6, 6.07) is 3.47. The van der Waals surface area contributed by atoms with Crippen molar-refractivity contribution in [1.29, 1.82) is 0 Å². The van der Waals surface area contributed by atoms with Crippen LogP contribution in [0, 0.1) is 11.6 Å². The number of halogens is 2. The normalized spacial score (nSPS) is 12.7. The molecule has 0 aliphatic heterocycles. The molecule has 0 bridgehead atoms. The first kappa shape index (κ1) is 11.7. The second-order valence-corrected chi connectivity index (χ2v) is 3.74. The van der Waals surface area contributed by atoms with Crippen molar-refractivity contribution in [3.8, 4) is 0 Å². The van der Waals surface area contributed by atoms with E-state index in [0.29, 0.717) is 5.69 Å². The molecule has 2 aromatic rings. The van der Waals surface area contributed by atoms with Crippen LogP contribution in [-0.2, 0) is 13.5 Å². The van der Waals surface area contributed by atoms with Crippen LogP contribution in [0.25, 0.3) is 0 Å². The molecule has 90 valence electrons. The second kappa shape index (κ2) is 4.58. The largest absolute Gasteiger partial charge is 0.388 e. The number of aliphatic hydroxyl groups excluding tert-OH is 1. The number of aryl methyl sites for hydroxylation is 1. The first-order valence-electron chi connectivity index (χ1n) is 5.05. The molecule has 0 radical (unpaired) electrons. The number of aliphatic hydroxyl groups is 1. The van der Waals surface area contributed by atoms with Crippen molar-refractivity contribution < 1.29 is 13.9 Å². The molecule has 4 nitrogen and oxygen atoms in total. The van der Waals surface area contributed by atoms with Gasteiger partial charge in [0.1, 0.15) is 11.6 Å². The van der Waals surface area contributed by atoms with E-state index in [0.717, 1.165) is 12.1 Å². The molecule has 0 saturated heterocycles. The van der Waals surface area contributed by atoms with Gasteiger partial charge in [-0.3, -0.25) is 4.68 Å². The quantitative estimate of drug-likeness (QED) is 0.880. The molecular weight excluding hydrogens is 228 g/mol. The lowest BCUT2D eigenvalue weighted by molar-refractivity contribution is 0.167. The highest BCUT2D eigenvalue weighted by Crippen LogP contribution is 2.23. The topological polar surface area (TPSA) is 50.9 Å². The summed E-state index contributed by atoms with van der Waals surface area (Å²) >= 11 is 0. The van der Waals surface area contributed by atoms with E-state index in [9.17, 15) is 13.9 Å². The van der Waals surface area contributed by atoms with E-state index in [1.54, 1.807) is 13.2 Å². The molecule has 1 N–H and O–H groups in total. The van der Waals surface area contributed by atoms with Gasteiger partial charge in [0.2, 0.25) is 0 Å². The van der Waals surface area contributed by atoms with Crippen LogP contribution < -0.4 is 0 Å². The number of nitrogens with zero attached hydrogens (tertiary/aromatic N) is 3. The van der Waals surface area contributed by atoms with Crippen LogP contribution in [0.5, 0.6) is 0 Å². The van der Waals surface area contributed by atoms with Gasteiger partial charge in [-0.05, 0) is 12.1 Å². The predicted molar refractivity (Wildman–Crippen MR) is 56.0 cm³/mol. The zero-order valence-corrected chi connectivity index (χ0v) is 9.14. The molecule has 1 unspecified atom stereocenters. The maximum absolute atomic E-state index is 13.4. The Balaban J connectivity index is 2.22. The van der Waals surface area contributed by atoms with Crippen LogP contribution in [0.2, 0.25) is 0 Å². The summed E-state index contributed by atoms with van der Waals surface area (Å²) in [5.74, 6) is -1.53. The minimum Gasteiger partial charge on any atom is -0.388 e. The zero-order valence-electron chi connectivity index (χ0n) is 9.14. The molecule has 0 aliphatic carbocycles. The molecule has 0 spiro atoms. The minimum atomic E-state index is -1.27. The van der Waals surface area contributed by atoms with E-state index in [1.165, 1.54) is 10.7 Å². The SMILES string of the molecule is Cn1cc(CC(O)c2c(F)cccc2F)nn1. The summed E-state index contributed by atoms with van der Waals surface area (Å²) in [4.78, 5) is 0. The Morgan fingerprint density at radius 1 is 1.35 bits per heavy atom. The van der Waals surface area contributed by atoms with Crippen molar-refractivity contribution in [2.24, 2.45) is 7.05 Å². The average molecular weight is 239 g/mol. The molecule has 0 saturated carbocycles. The van der Waals surface area contributed by atoms with Gasteiger partial charge in [-0.25, -0.2) is 8.78 Å². The summed E-state index contributed by atoms with van der Waals surface area (Å²) in [5.41, 5.74) is 0.140. The van der Waals surface area contributed by atoms with E-state index in [4.69, 9.17) is 0 Å². The molecule has 6 heteroatoms. The fraction of sp³-hybridized carbons (Fsp3) is 0.273. The van der Waals surface area contributed by atoms with E-state index >= 15 is 0 Å². The van der Waals surface area contributed by atoms with Gasteiger partial charge < -0.3 is 5.11 Å². The summed E-state index contributed by atoms with van der Waals surface area (Å²) in [7, 11) is 1.67. The Morgan fingerprint density at radius 3 is 2.53 bits per heavy atom. The van der Waals surface area contributed by atoms with Gasteiger partial charge in [0.25, 0.3) is 0 Å². The van der Waals surface area contributed by atoms with Gasteiger partial charge in [-0.1, -0.05) is 11.3 Å². The van der Waals surface area contributed by atoms with Gasteiger partial charge >= 0.3 is 0 Å². The molecule has 0 amide bonds. The minimum absolute atomic E-state index is 0.0195. The smallest absolute Gasteiger partial charge is 0.131 e. The lowest BCUT2D eigenvalue weighted by Gasteiger charge is -2.10. The Labute approximate surface area is 96.5 Å². The van der Waals surface area contributed by atoms with Crippen molar-refractivity contribution in [1.82, 2.24) is 15.0 Å². The third kappa shape index (κ3) is 2.47. The Bertz CT molecular complexity index is 507. The summed E-state index contributed by atoms with van der Waals surface area (Å²) in [6.45, 7) is 0. The number of hydrogen-bond donors (Lipinski definition) is 1. The molecule has 1 heterocycles. The van der Waals surface area contributed by atoms with Crippen molar-refractivity contribution in [3.05, 3.63) is 47.3 Å². The molecule has 1 aromatic heterocycles. The van der Waals surface area contributed by atoms with Gasteiger partial charge in [0, 0.05) is 19.7 Å². The van der Waals surface area contributed by atoms with Crippen LogP contribution in [0.4, 0.5) is 8.78 Å². The maximum Gasteiger partial charge on any atom is 0.131 e. The van der Waals surface area contributed by atoms with Crippen molar-refractivity contribution in [2.45, 2.75) is 12.5 Å². The van der Waals surface area contributed by atoms with E-state index in [-0.39, 0.29) is 12.0 Å². The first-order chi connectivity index (χ1) is 8.08. The maximum atomic E-state index is 13.4. The predicted octanol–water partition coefficient (Wildman–Crippen LogP) is 1.37. The van der Waals surface area contributed by atoms with E-state index in [2.05, 4.69) is 10.3 Å². The summed E-state index contributed by atoms with van der Waals surface area (Å²) < 4.78 is 28.2. The number of rotatable bonds is 3. The fourth-order valence-corrected chi connectivity index (χ4v) is 1.62. The van der Waals surface area contributed by atoms with E-state index in [1.807, 2.05) is 0 Å². The average Bonchev–Trinajstić information content (AvgIpc) is 2.63. The Kier molecular flexibility index (Phi) is 3.14. The summed E-state index contributed by atoms with van der Waals surface area (Å²) in [6.07, 6.45) is 0.334.